The molecule has 0 aromatic heterocycles. The van der Waals surface area contributed by atoms with Crippen molar-refractivity contribution in [3.05, 3.63) is 23.8 Å². The molecule has 108 valence electrons. The van der Waals surface area contributed by atoms with Crippen molar-refractivity contribution in [3.8, 4) is 5.75 Å². The average Bonchev–Trinajstić information content (AvgIpc) is 2.68. The Morgan fingerprint density at radius 1 is 1.35 bits per heavy atom. The molecule has 2 rings (SSSR count). The number of amides is 1. The lowest BCUT2D eigenvalue weighted by molar-refractivity contribution is -0.146. The van der Waals surface area contributed by atoms with E-state index in [1.807, 2.05) is 18.2 Å². The number of hydrogen-bond donors (Lipinski definition) is 0. The number of esters is 1. The number of nitrogens with zero attached hydrogens (tertiary/aromatic N) is 1. The highest BCUT2D eigenvalue weighted by Gasteiger charge is 2.21. The van der Waals surface area contributed by atoms with Gasteiger partial charge in [-0.05, 0) is 23.8 Å². The SMILES string of the molecule is COC(=O)CC(=O)N1CCSc2ccc(OC)cc2C1. The number of hydrogen-bond acceptors (Lipinski definition) is 5. The Labute approximate surface area is 122 Å². The molecule has 0 aliphatic carbocycles. The predicted octanol–water partition coefficient (Wildman–Crippen LogP) is 1.69. The van der Waals surface area contributed by atoms with Crippen molar-refractivity contribution in [1.82, 2.24) is 4.90 Å². The standard InChI is InChI=1S/C14H17NO4S/c1-18-11-3-4-12-10(7-11)9-15(5-6-20-12)13(16)8-14(17)19-2/h3-4,7H,5-6,8-9H2,1-2H3. The van der Waals surface area contributed by atoms with Gasteiger partial charge in [-0.15, -0.1) is 11.8 Å². The van der Waals surface area contributed by atoms with Gasteiger partial charge in [0.25, 0.3) is 0 Å². The molecule has 0 bridgehead atoms. The zero-order valence-corrected chi connectivity index (χ0v) is 12.4. The first kappa shape index (κ1) is 14.7. The molecule has 1 aliphatic heterocycles. The highest BCUT2D eigenvalue weighted by molar-refractivity contribution is 7.99. The van der Waals surface area contributed by atoms with Gasteiger partial charge < -0.3 is 14.4 Å². The number of carbonyl (C=O) groups excluding carboxylic acids is 2. The number of rotatable bonds is 3. The fraction of sp³-hybridized carbons (Fsp3) is 0.429. The lowest BCUT2D eigenvalue weighted by atomic mass is 10.2. The van der Waals surface area contributed by atoms with E-state index in [-0.39, 0.29) is 12.3 Å². The van der Waals surface area contributed by atoms with Crippen LogP contribution in [0.5, 0.6) is 5.75 Å². The van der Waals surface area contributed by atoms with E-state index in [1.165, 1.54) is 7.11 Å². The average molecular weight is 295 g/mol. The van der Waals surface area contributed by atoms with Gasteiger partial charge in [0.1, 0.15) is 12.2 Å². The van der Waals surface area contributed by atoms with Crippen LogP contribution < -0.4 is 4.74 Å². The monoisotopic (exact) mass is 295 g/mol. The Morgan fingerprint density at radius 3 is 2.85 bits per heavy atom. The molecule has 0 unspecified atom stereocenters. The zero-order valence-electron chi connectivity index (χ0n) is 11.5. The molecule has 0 spiro atoms. The molecule has 0 atom stereocenters. The number of carbonyl (C=O) groups is 2. The Kier molecular flexibility index (Phi) is 4.89. The second kappa shape index (κ2) is 6.65. The van der Waals surface area contributed by atoms with Crippen LogP contribution in [-0.2, 0) is 20.9 Å². The van der Waals surface area contributed by atoms with E-state index in [2.05, 4.69) is 4.74 Å². The zero-order chi connectivity index (χ0) is 14.5. The highest BCUT2D eigenvalue weighted by Crippen LogP contribution is 2.30. The summed E-state index contributed by atoms with van der Waals surface area (Å²) in [5, 5.41) is 0. The van der Waals surface area contributed by atoms with Gasteiger partial charge in [0, 0.05) is 23.7 Å². The lowest BCUT2D eigenvalue weighted by Gasteiger charge is -2.20. The van der Waals surface area contributed by atoms with Crippen molar-refractivity contribution in [2.75, 3.05) is 26.5 Å². The molecule has 1 aromatic rings. The summed E-state index contributed by atoms with van der Waals surface area (Å²) in [4.78, 5) is 26.1. The third-order valence-electron chi connectivity index (χ3n) is 3.12. The Morgan fingerprint density at radius 2 is 2.15 bits per heavy atom. The predicted molar refractivity (Wildman–Crippen MR) is 75.8 cm³/mol. The van der Waals surface area contributed by atoms with Crippen molar-refractivity contribution in [2.24, 2.45) is 0 Å². The van der Waals surface area contributed by atoms with Gasteiger partial charge in [0.15, 0.2) is 0 Å². The van der Waals surface area contributed by atoms with Gasteiger partial charge in [0.05, 0.1) is 14.2 Å². The molecule has 1 aromatic carbocycles. The fourth-order valence-electron chi connectivity index (χ4n) is 2.02. The third-order valence-corrected chi connectivity index (χ3v) is 4.22. The van der Waals surface area contributed by atoms with E-state index in [1.54, 1.807) is 23.8 Å². The molecule has 1 amide bonds. The third kappa shape index (κ3) is 3.45. The molecule has 5 nitrogen and oxygen atoms in total. The Balaban J connectivity index is 2.14. The summed E-state index contributed by atoms with van der Waals surface area (Å²) in [5.41, 5.74) is 1.05. The smallest absolute Gasteiger partial charge is 0.315 e. The molecule has 1 heterocycles. The Bertz CT molecular complexity index is 518. The number of fused-ring (bicyclic) bond motifs is 1. The topological polar surface area (TPSA) is 55.8 Å². The normalized spacial score (nSPS) is 14.2. The largest absolute Gasteiger partial charge is 0.497 e. The maximum Gasteiger partial charge on any atom is 0.315 e. The van der Waals surface area contributed by atoms with Crippen molar-refractivity contribution < 1.29 is 19.1 Å². The molecular weight excluding hydrogens is 278 g/mol. The van der Waals surface area contributed by atoms with E-state index in [0.29, 0.717) is 13.1 Å². The van der Waals surface area contributed by atoms with Crippen LogP contribution in [0.3, 0.4) is 0 Å². The van der Waals surface area contributed by atoms with Crippen LogP contribution in [0.1, 0.15) is 12.0 Å². The minimum Gasteiger partial charge on any atom is -0.497 e. The summed E-state index contributed by atoms with van der Waals surface area (Å²) in [6.07, 6.45) is -0.208. The molecule has 1 aliphatic rings. The van der Waals surface area contributed by atoms with Gasteiger partial charge >= 0.3 is 5.97 Å². The van der Waals surface area contributed by atoms with Crippen LogP contribution in [0.2, 0.25) is 0 Å². The molecule has 0 saturated heterocycles. The fourth-order valence-corrected chi connectivity index (χ4v) is 3.02. The van der Waals surface area contributed by atoms with Gasteiger partial charge in [0.2, 0.25) is 5.91 Å². The summed E-state index contributed by atoms with van der Waals surface area (Å²) in [6.45, 7) is 1.12. The van der Waals surface area contributed by atoms with E-state index < -0.39 is 5.97 Å². The van der Waals surface area contributed by atoms with Gasteiger partial charge in [-0.25, -0.2) is 0 Å². The molecule has 0 radical (unpaired) electrons. The molecular formula is C14H17NO4S. The number of ether oxygens (including phenoxy) is 2. The summed E-state index contributed by atoms with van der Waals surface area (Å²) in [6, 6.07) is 5.86. The molecule has 0 N–H and O–H groups in total. The van der Waals surface area contributed by atoms with Crippen molar-refractivity contribution >= 4 is 23.6 Å². The number of benzene rings is 1. The van der Waals surface area contributed by atoms with E-state index in [4.69, 9.17) is 4.74 Å². The summed E-state index contributed by atoms with van der Waals surface area (Å²) < 4.78 is 9.75. The van der Waals surface area contributed by atoms with Crippen LogP contribution in [0, 0.1) is 0 Å². The van der Waals surface area contributed by atoms with Crippen molar-refractivity contribution in [2.45, 2.75) is 17.9 Å². The highest BCUT2D eigenvalue weighted by atomic mass is 32.2. The van der Waals surface area contributed by atoms with Crippen LogP contribution in [0.4, 0.5) is 0 Å². The molecule has 6 heteroatoms. The van der Waals surface area contributed by atoms with E-state index in [9.17, 15) is 9.59 Å². The summed E-state index contributed by atoms with van der Waals surface area (Å²) >= 11 is 1.71. The minimum absolute atomic E-state index is 0.201. The van der Waals surface area contributed by atoms with Gasteiger partial charge in [-0.2, -0.15) is 0 Å². The van der Waals surface area contributed by atoms with Crippen molar-refractivity contribution in [1.29, 1.82) is 0 Å². The van der Waals surface area contributed by atoms with E-state index in [0.717, 1.165) is 22.0 Å². The second-order valence-electron chi connectivity index (χ2n) is 4.39. The van der Waals surface area contributed by atoms with Gasteiger partial charge in [-0.3, -0.25) is 9.59 Å². The van der Waals surface area contributed by atoms with Crippen molar-refractivity contribution in [3.63, 3.8) is 0 Å². The maximum atomic E-state index is 12.1. The molecule has 0 saturated carbocycles. The summed E-state index contributed by atoms with van der Waals surface area (Å²) in [5.74, 6) is 0.879. The van der Waals surface area contributed by atoms with Crippen LogP contribution >= 0.6 is 11.8 Å². The van der Waals surface area contributed by atoms with Crippen LogP contribution in [-0.4, -0.2) is 43.3 Å². The first-order valence-electron chi connectivity index (χ1n) is 6.28. The van der Waals surface area contributed by atoms with E-state index >= 15 is 0 Å². The Hall–Kier alpha value is -1.69. The quantitative estimate of drug-likeness (QED) is 0.627. The summed E-state index contributed by atoms with van der Waals surface area (Å²) in [7, 11) is 2.90. The first-order valence-corrected chi connectivity index (χ1v) is 7.27. The number of methoxy groups -OCH3 is 2. The molecule has 0 fully saturated rings. The maximum absolute atomic E-state index is 12.1. The second-order valence-corrected chi connectivity index (χ2v) is 5.53. The number of thioether (sulfide) groups is 1. The van der Waals surface area contributed by atoms with Crippen LogP contribution in [0.15, 0.2) is 23.1 Å². The molecule has 20 heavy (non-hydrogen) atoms. The first-order chi connectivity index (χ1) is 9.63. The van der Waals surface area contributed by atoms with Crippen LogP contribution in [0.25, 0.3) is 0 Å². The van der Waals surface area contributed by atoms with Gasteiger partial charge in [-0.1, -0.05) is 0 Å². The minimum atomic E-state index is -0.502. The lowest BCUT2D eigenvalue weighted by Crippen LogP contribution is -2.33.